The zero-order chi connectivity index (χ0) is 20.1. The molecule has 2 nitrogen and oxygen atoms in total. The predicted octanol–water partition coefficient (Wildman–Crippen LogP) is 6.22. The third-order valence-electron chi connectivity index (χ3n) is 5.59. The summed E-state index contributed by atoms with van der Waals surface area (Å²) in [5.41, 5.74) is 3.59. The molecular formula is C25H25Cl2NO. The maximum Gasteiger partial charge on any atom is 0.0774 e. The van der Waals surface area contributed by atoms with Gasteiger partial charge in [-0.2, -0.15) is 0 Å². The van der Waals surface area contributed by atoms with Gasteiger partial charge in [0.1, 0.15) is 0 Å². The van der Waals surface area contributed by atoms with E-state index < -0.39 is 0 Å². The van der Waals surface area contributed by atoms with Gasteiger partial charge in [-0.05, 0) is 35.2 Å². The van der Waals surface area contributed by atoms with Crippen LogP contribution < -0.4 is 0 Å². The van der Waals surface area contributed by atoms with E-state index in [0.717, 1.165) is 48.3 Å². The molecule has 0 amide bonds. The lowest BCUT2D eigenvalue weighted by Gasteiger charge is -2.37. The molecule has 4 heteroatoms. The van der Waals surface area contributed by atoms with Gasteiger partial charge in [-0.25, -0.2) is 0 Å². The van der Waals surface area contributed by atoms with E-state index in [1.807, 2.05) is 24.3 Å². The minimum atomic E-state index is 0.0854. The Bertz CT molecular complexity index is 896. The first-order valence-corrected chi connectivity index (χ1v) is 10.8. The summed E-state index contributed by atoms with van der Waals surface area (Å²) in [5, 5.41) is 1.44. The average Bonchev–Trinajstić information content (AvgIpc) is 2.75. The number of benzene rings is 3. The van der Waals surface area contributed by atoms with Crippen molar-refractivity contribution in [1.82, 2.24) is 4.90 Å². The highest BCUT2D eigenvalue weighted by Crippen LogP contribution is 2.34. The van der Waals surface area contributed by atoms with Crippen LogP contribution in [-0.2, 0) is 17.7 Å². The molecule has 4 rings (SSSR count). The molecule has 1 aliphatic heterocycles. The number of morpholine rings is 1. The molecular weight excluding hydrogens is 401 g/mol. The van der Waals surface area contributed by atoms with Crippen LogP contribution in [0.5, 0.6) is 0 Å². The summed E-state index contributed by atoms with van der Waals surface area (Å²) in [4.78, 5) is 2.48. The van der Waals surface area contributed by atoms with Crippen molar-refractivity contribution in [2.24, 2.45) is 0 Å². The highest BCUT2D eigenvalue weighted by atomic mass is 35.5. The Labute approximate surface area is 183 Å². The second kappa shape index (κ2) is 9.77. The van der Waals surface area contributed by atoms with Crippen molar-refractivity contribution in [1.29, 1.82) is 0 Å². The monoisotopic (exact) mass is 425 g/mol. The van der Waals surface area contributed by atoms with Crippen LogP contribution in [0, 0.1) is 0 Å². The molecule has 0 spiro atoms. The number of hydrogen-bond donors (Lipinski definition) is 0. The lowest BCUT2D eigenvalue weighted by molar-refractivity contribution is -0.0444. The first kappa shape index (κ1) is 20.4. The molecule has 1 saturated heterocycles. The molecule has 2 atom stereocenters. The summed E-state index contributed by atoms with van der Waals surface area (Å²) in [6.07, 6.45) is 0.842. The van der Waals surface area contributed by atoms with Crippen LogP contribution in [0.1, 0.15) is 22.6 Å². The standard InChI is InChI=1S/C25H25Cl2NO/c26-23-12-7-13-24(27)22(23)16-21(20-10-5-2-6-11-20)25-18-28(14-15-29-25)17-19-8-3-1-4-9-19/h1-13,21,25H,14-18H2. The second-order valence-corrected chi connectivity index (χ2v) is 8.37. The number of hydrogen-bond acceptors (Lipinski definition) is 2. The zero-order valence-electron chi connectivity index (χ0n) is 16.3. The Balaban J connectivity index is 1.57. The Morgan fingerprint density at radius 1 is 0.862 bits per heavy atom. The number of halogens is 2. The first-order chi connectivity index (χ1) is 14.2. The molecule has 3 aromatic carbocycles. The van der Waals surface area contributed by atoms with Gasteiger partial charge in [0.25, 0.3) is 0 Å². The van der Waals surface area contributed by atoms with Crippen LogP contribution in [0.3, 0.4) is 0 Å². The average molecular weight is 426 g/mol. The Morgan fingerprint density at radius 3 is 2.21 bits per heavy atom. The van der Waals surface area contributed by atoms with Crippen molar-refractivity contribution in [3.8, 4) is 0 Å². The number of ether oxygens (including phenoxy) is 1. The molecule has 0 saturated carbocycles. The summed E-state index contributed by atoms with van der Waals surface area (Å²) in [6.45, 7) is 3.50. The van der Waals surface area contributed by atoms with Crippen molar-refractivity contribution in [2.75, 3.05) is 19.7 Å². The van der Waals surface area contributed by atoms with Crippen molar-refractivity contribution in [3.63, 3.8) is 0 Å². The van der Waals surface area contributed by atoms with Gasteiger partial charge < -0.3 is 4.74 Å². The highest BCUT2D eigenvalue weighted by molar-refractivity contribution is 6.36. The molecule has 1 heterocycles. The van der Waals surface area contributed by atoms with Crippen LogP contribution in [0.25, 0.3) is 0 Å². The lowest BCUT2D eigenvalue weighted by Crippen LogP contribution is -2.45. The van der Waals surface area contributed by atoms with Gasteiger partial charge in [0.15, 0.2) is 0 Å². The van der Waals surface area contributed by atoms with E-state index in [1.165, 1.54) is 11.1 Å². The maximum atomic E-state index is 6.50. The van der Waals surface area contributed by atoms with Gasteiger partial charge in [-0.3, -0.25) is 4.90 Å². The van der Waals surface area contributed by atoms with Crippen molar-refractivity contribution < 1.29 is 4.74 Å². The molecule has 0 bridgehead atoms. The Kier molecular flexibility index (Phi) is 6.89. The quantitative estimate of drug-likeness (QED) is 0.464. The number of nitrogens with zero attached hydrogens (tertiary/aromatic N) is 1. The fourth-order valence-electron chi connectivity index (χ4n) is 4.07. The summed E-state index contributed by atoms with van der Waals surface area (Å²) >= 11 is 13.0. The van der Waals surface area contributed by atoms with Crippen LogP contribution in [0.15, 0.2) is 78.9 Å². The first-order valence-electron chi connectivity index (χ1n) is 10.1. The topological polar surface area (TPSA) is 12.5 Å². The largest absolute Gasteiger partial charge is 0.375 e. The summed E-state index contributed by atoms with van der Waals surface area (Å²) in [6, 6.07) is 26.9. The van der Waals surface area contributed by atoms with Gasteiger partial charge >= 0.3 is 0 Å². The fraction of sp³-hybridized carbons (Fsp3) is 0.280. The van der Waals surface area contributed by atoms with E-state index in [-0.39, 0.29) is 12.0 Å². The van der Waals surface area contributed by atoms with E-state index in [9.17, 15) is 0 Å². The minimum absolute atomic E-state index is 0.0854. The van der Waals surface area contributed by atoms with Gasteiger partial charge in [-0.1, -0.05) is 89.9 Å². The molecule has 0 radical (unpaired) electrons. The zero-order valence-corrected chi connectivity index (χ0v) is 17.8. The molecule has 29 heavy (non-hydrogen) atoms. The molecule has 1 aliphatic rings. The SMILES string of the molecule is Clc1cccc(Cl)c1CC(c1ccccc1)C1CN(Cc2ccccc2)CCO1. The number of rotatable bonds is 6. The smallest absolute Gasteiger partial charge is 0.0774 e. The van der Waals surface area contributed by atoms with Gasteiger partial charge in [0.05, 0.1) is 12.7 Å². The van der Waals surface area contributed by atoms with Crippen molar-refractivity contribution in [3.05, 3.63) is 106 Å². The second-order valence-electron chi connectivity index (χ2n) is 7.55. The molecule has 0 aromatic heterocycles. The van der Waals surface area contributed by atoms with Gasteiger partial charge in [-0.15, -0.1) is 0 Å². The van der Waals surface area contributed by atoms with E-state index in [4.69, 9.17) is 27.9 Å². The van der Waals surface area contributed by atoms with E-state index >= 15 is 0 Å². The highest BCUT2D eigenvalue weighted by Gasteiger charge is 2.30. The summed E-state index contributed by atoms with van der Waals surface area (Å²) in [5.74, 6) is 0.187. The third kappa shape index (κ3) is 5.21. The Morgan fingerprint density at radius 2 is 1.52 bits per heavy atom. The van der Waals surface area contributed by atoms with E-state index in [0.29, 0.717) is 0 Å². The van der Waals surface area contributed by atoms with E-state index in [1.54, 1.807) is 0 Å². The van der Waals surface area contributed by atoms with Gasteiger partial charge in [0, 0.05) is 35.6 Å². The van der Waals surface area contributed by atoms with Crippen molar-refractivity contribution >= 4 is 23.2 Å². The molecule has 2 unspecified atom stereocenters. The molecule has 3 aromatic rings. The molecule has 0 aliphatic carbocycles. The van der Waals surface area contributed by atoms with Crippen LogP contribution in [0.2, 0.25) is 10.0 Å². The normalized spacial score (nSPS) is 18.5. The summed E-state index contributed by atoms with van der Waals surface area (Å²) < 4.78 is 6.29. The van der Waals surface area contributed by atoms with Gasteiger partial charge in [0.2, 0.25) is 0 Å². The lowest BCUT2D eigenvalue weighted by atomic mass is 9.86. The molecule has 150 valence electrons. The van der Waals surface area contributed by atoms with Crippen LogP contribution in [0.4, 0.5) is 0 Å². The molecule has 0 N–H and O–H groups in total. The minimum Gasteiger partial charge on any atom is -0.375 e. The maximum absolute atomic E-state index is 6.50. The van der Waals surface area contributed by atoms with Crippen LogP contribution in [-0.4, -0.2) is 30.7 Å². The molecule has 1 fully saturated rings. The van der Waals surface area contributed by atoms with E-state index in [2.05, 4.69) is 59.5 Å². The Hall–Kier alpha value is -1.84. The summed E-state index contributed by atoms with van der Waals surface area (Å²) in [7, 11) is 0. The van der Waals surface area contributed by atoms with Crippen LogP contribution >= 0.6 is 23.2 Å². The third-order valence-corrected chi connectivity index (χ3v) is 6.30. The predicted molar refractivity (Wildman–Crippen MR) is 121 cm³/mol. The van der Waals surface area contributed by atoms with Crippen molar-refractivity contribution in [2.45, 2.75) is 25.0 Å². The fourth-order valence-corrected chi connectivity index (χ4v) is 4.62.